The molecule has 0 amide bonds. The Morgan fingerprint density at radius 3 is 1.34 bits per heavy atom. The predicted molar refractivity (Wildman–Crippen MR) is 155 cm³/mol. The number of hydrogen-bond acceptors (Lipinski definition) is 6. The van der Waals surface area contributed by atoms with Gasteiger partial charge in [0, 0.05) is 0 Å². The van der Waals surface area contributed by atoms with E-state index in [2.05, 4.69) is 6.07 Å². The molecule has 1 fully saturated rings. The monoisotopic (exact) mass is 549 g/mol. The van der Waals surface area contributed by atoms with Crippen molar-refractivity contribution >= 4 is 0 Å². The first kappa shape index (κ1) is 28.7. The molecule has 0 aromatic heterocycles. The van der Waals surface area contributed by atoms with Gasteiger partial charge in [-0.15, -0.1) is 0 Å². The Morgan fingerprint density at radius 2 is 0.902 bits per heavy atom. The topological polar surface area (TPSA) is 69.9 Å². The second-order valence-electron chi connectivity index (χ2n) is 10.0. The van der Waals surface area contributed by atoms with Crippen LogP contribution in [0.25, 0.3) is 0 Å². The van der Waals surface area contributed by atoms with Gasteiger partial charge in [-0.05, 0) is 22.3 Å². The largest absolute Gasteiger partial charge is 0.374 e. The van der Waals surface area contributed by atoms with E-state index in [1.807, 2.05) is 121 Å². The molecule has 6 nitrogen and oxygen atoms in total. The van der Waals surface area contributed by atoms with Crippen LogP contribution >= 0.6 is 0 Å². The molecule has 0 radical (unpaired) electrons. The summed E-state index contributed by atoms with van der Waals surface area (Å²) in [6.45, 7) is 1.68. The van der Waals surface area contributed by atoms with Gasteiger partial charge < -0.3 is 23.7 Å². The van der Waals surface area contributed by atoms with Crippen LogP contribution in [0, 0.1) is 11.3 Å². The van der Waals surface area contributed by atoms with Crippen molar-refractivity contribution in [3.05, 3.63) is 144 Å². The van der Waals surface area contributed by atoms with Crippen molar-refractivity contribution in [2.45, 2.75) is 56.9 Å². The van der Waals surface area contributed by atoms with Crippen LogP contribution in [0.3, 0.4) is 0 Å². The van der Waals surface area contributed by atoms with Crippen LogP contribution in [0.4, 0.5) is 0 Å². The molecule has 1 saturated heterocycles. The van der Waals surface area contributed by atoms with E-state index in [1.54, 1.807) is 0 Å². The average Bonchev–Trinajstić information content (AvgIpc) is 3.04. The lowest BCUT2D eigenvalue weighted by Gasteiger charge is -2.44. The van der Waals surface area contributed by atoms with Gasteiger partial charge >= 0.3 is 0 Å². The summed E-state index contributed by atoms with van der Waals surface area (Å²) in [5, 5.41) is 10.2. The Bertz CT molecular complexity index is 1330. The molecular formula is C35H35NO5. The summed E-state index contributed by atoms with van der Waals surface area (Å²) in [7, 11) is 0. The zero-order chi connectivity index (χ0) is 28.1. The van der Waals surface area contributed by atoms with E-state index < -0.39 is 30.5 Å². The Labute approximate surface area is 242 Å². The van der Waals surface area contributed by atoms with Gasteiger partial charge in [0.25, 0.3) is 0 Å². The van der Waals surface area contributed by atoms with Gasteiger partial charge in [-0.3, -0.25) is 0 Å². The third kappa shape index (κ3) is 8.34. The molecule has 210 valence electrons. The highest BCUT2D eigenvalue weighted by molar-refractivity contribution is 5.17. The molecule has 1 aliphatic heterocycles. The fourth-order valence-electron chi connectivity index (χ4n) is 4.89. The van der Waals surface area contributed by atoms with E-state index in [1.165, 1.54) is 0 Å². The normalized spacial score (nSPS) is 22.2. The molecule has 0 saturated carbocycles. The first-order valence-electron chi connectivity index (χ1n) is 13.9. The second-order valence-corrected chi connectivity index (χ2v) is 10.0. The molecule has 5 rings (SSSR count). The summed E-state index contributed by atoms with van der Waals surface area (Å²) < 4.78 is 31.9. The fourth-order valence-corrected chi connectivity index (χ4v) is 4.89. The van der Waals surface area contributed by atoms with Gasteiger partial charge in [-0.2, -0.15) is 5.26 Å². The summed E-state index contributed by atoms with van der Waals surface area (Å²) >= 11 is 0. The van der Waals surface area contributed by atoms with Crippen molar-refractivity contribution in [2.24, 2.45) is 0 Å². The molecule has 0 spiro atoms. The number of nitriles is 1. The minimum Gasteiger partial charge on any atom is -0.374 e. The molecule has 4 aromatic carbocycles. The zero-order valence-electron chi connectivity index (χ0n) is 23.0. The Morgan fingerprint density at radius 1 is 0.512 bits per heavy atom. The summed E-state index contributed by atoms with van der Waals surface area (Å²) in [6, 6.07) is 42.1. The first-order chi connectivity index (χ1) is 20.3. The molecule has 0 aliphatic carbocycles. The van der Waals surface area contributed by atoms with Crippen molar-refractivity contribution in [3.8, 4) is 6.07 Å². The van der Waals surface area contributed by atoms with E-state index >= 15 is 0 Å². The molecule has 0 N–H and O–H groups in total. The predicted octanol–water partition coefficient (Wildman–Crippen LogP) is 6.25. The van der Waals surface area contributed by atoms with Gasteiger partial charge in [-0.1, -0.05) is 121 Å². The lowest BCUT2D eigenvalue weighted by atomic mass is 9.94. The first-order valence-corrected chi connectivity index (χ1v) is 13.9. The molecule has 4 aromatic rings. The van der Waals surface area contributed by atoms with Crippen LogP contribution in [-0.4, -0.2) is 37.1 Å². The lowest BCUT2D eigenvalue weighted by Crippen LogP contribution is -2.60. The molecule has 41 heavy (non-hydrogen) atoms. The highest BCUT2D eigenvalue weighted by Gasteiger charge is 2.48. The van der Waals surface area contributed by atoms with E-state index in [-0.39, 0.29) is 6.61 Å². The lowest BCUT2D eigenvalue weighted by molar-refractivity contribution is -0.261. The Hall–Kier alpha value is -3.83. The highest BCUT2D eigenvalue weighted by Crippen LogP contribution is 2.31. The summed E-state index contributed by atoms with van der Waals surface area (Å²) in [5.74, 6) is 0. The Balaban J connectivity index is 1.39. The van der Waals surface area contributed by atoms with Crippen LogP contribution in [0.15, 0.2) is 121 Å². The maximum Gasteiger partial charge on any atom is 0.173 e. The van der Waals surface area contributed by atoms with Gasteiger partial charge in [0.15, 0.2) is 6.10 Å². The van der Waals surface area contributed by atoms with Gasteiger partial charge in [0.2, 0.25) is 0 Å². The SMILES string of the molecule is N#CC1OC(COCc2ccccc2)C(OCc2ccccc2)C(OCc2ccccc2)C1OCc1ccccc1. The van der Waals surface area contributed by atoms with E-state index in [0.29, 0.717) is 26.4 Å². The molecular weight excluding hydrogens is 514 g/mol. The van der Waals surface area contributed by atoms with Crippen molar-refractivity contribution < 1.29 is 23.7 Å². The standard InChI is InChI=1S/C35H35NO5/c36-21-31-33(38-23-28-15-7-2-8-16-28)35(40-25-30-19-11-4-12-20-30)34(39-24-29-17-9-3-10-18-29)32(41-31)26-37-22-27-13-5-1-6-14-27/h1-20,31-35H,22-26H2. The molecule has 5 atom stereocenters. The number of ether oxygens (including phenoxy) is 5. The summed E-state index contributed by atoms with van der Waals surface area (Å²) in [5.41, 5.74) is 4.11. The van der Waals surface area contributed by atoms with Gasteiger partial charge in [-0.25, -0.2) is 0 Å². The van der Waals surface area contributed by atoms with E-state index in [4.69, 9.17) is 23.7 Å². The summed E-state index contributed by atoms with van der Waals surface area (Å²) in [4.78, 5) is 0. The minimum atomic E-state index is -0.860. The maximum absolute atomic E-state index is 10.2. The zero-order valence-corrected chi connectivity index (χ0v) is 23.0. The average molecular weight is 550 g/mol. The van der Waals surface area contributed by atoms with Crippen molar-refractivity contribution in [1.29, 1.82) is 5.26 Å². The third-order valence-corrected chi connectivity index (χ3v) is 7.01. The maximum atomic E-state index is 10.2. The van der Waals surface area contributed by atoms with Crippen LogP contribution in [-0.2, 0) is 50.1 Å². The van der Waals surface area contributed by atoms with Crippen molar-refractivity contribution in [3.63, 3.8) is 0 Å². The third-order valence-electron chi connectivity index (χ3n) is 7.01. The second kappa shape index (κ2) is 15.2. The van der Waals surface area contributed by atoms with Crippen LogP contribution in [0.2, 0.25) is 0 Å². The van der Waals surface area contributed by atoms with Crippen LogP contribution in [0.1, 0.15) is 22.3 Å². The fraction of sp³-hybridized carbons (Fsp3) is 0.286. The van der Waals surface area contributed by atoms with Gasteiger partial charge in [0.1, 0.15) is 24.4 Å². The quantitative estimate of drug-likeness (QED) is 0.196. The molecule has 6 heteroatoms. The summed E-state index contributed by atoms with van der Waals surface area (Å²) in [6.07, 6.45) is -3.19. The van der Waals surface area contributed by atoms with Crippen molar-refractivity contribution in [1.82, 2.24) is 0 Å². The number of rotatable bonds is 13. The smallest absolute Gasteiger partial charge is 0.173 e. The minimum absolute atomic E-state index is 0.239. The molecule has 1 aliphatic rings. The van der Waals surface area contributed by atoms with Crippen molar-refractivity contribution in [2.75, 3.05) is 6.61 Å². The number of nitrogens with zero attached hydrogens (tertiary/aromatic N) is 1. The molecule has 0 bridgehead atoms. The Kier molecular flexibility index (Phi) is 10.7. The van der Waals surface area contributed by atoms with E-state index in [0.717, 1.165) is 22.3 Å². The van der Waals surface area contributed by atoms with Gasteiger partial charge in [0.05, 0.1) is 39.1 Å². The van der Waals surface area contributed by atoms with Crippen LogP contribution < -0.4 is 0 Å². The van der Waals surface area contributed by atoms with E-state index in [9.17, 15) is 5.26 Å². The highest BCUT2D eigenvalue weighted by atomic mass is 16.6. The molecule has 1 heterocycles. The number of benzene rings is 4. The molecule has 5 unspecified atom stereocenters. The number of hydrogen-bond donors (Lipinski definition) is 0. The van der Waals surface area contributed by atoms with Crippen LogP contribution in [0.5, 0.6) is 0 Å².